The van der Waals surface area contributed by atoms with E-state index in [4.69, 9.17) is 5.11 Å². The molecule has 0 amide bonds. The molecule has 1 N–H and O–H groups in total. The lowest BCUT2D eigenvalue weighted by molar-refractivity contribution is -0.00437. The number of aromatic nitrogens is 1. The maximum absolute atomic E-state index is 11.0. The number of hydrogen-bond acceptors (Lipinski definition) is 2. The first kappa shape index (κ1) is 12.4. The normalized spacial score (nSPS) is 38.1. The number of aryl methyl sites for hydroxylation is 1. The van der Waals surface area contributed by atoms with Gasteiger partial charge < -0.3 is 5.11 Å². The molecule has 4 aliphatic rings. The van der Waals surface area contributed by atoms with Crippen LogP contribution in [-0.4, -0.2) is 16.1 Å². The Kier molecular flexibility index (Phi) is 2.66. The van der Waals surface area contributed by atoms with Gasteiger partial charge in [0.05, 0.1) is 5.56 Å². The number of pyridine rings is 1. The number of carboxylic acids is 1. The number of aromatic carboxylic acids is 1. The molecule has 106 valence electrons. The summed E-state index contributed by atoms with van der Waals surface area (Å²) in [7, 11) is 0. The quantitative estimate of drug-likeness (QED) is 0.893. The van der Waals surface area contributed by atoms with Gasteiger partial charge in [0.1, 0.15) is 0 Å². The lowest BCUT2D eigenvalue weighted by atomic mass is 9.51. The number of carbonyl (C=O) groups is 1. The molecule has 4 aliphatic carbocycles. The summed E-state index contributed by atoms with van der Waals surface area (Å²) in [6, 6.07) is 1.80. The molecule has 3 heteroatoms. The summed E-state index contributed by atoms with van der Waals surface area (Å²) < 4.78 is 0. The molecule has 0 radical (unpaired) electrons. The molecule has 1 aromatic heterocycles. The summed E-state index contributed by atoms with van der Waals surface area (Å²) in [6.45, 7) is 2.03. The van der Waals surface area contributed by atoms with E-state index < -0.39 is 5.97 Å². The first-order valence-corrected chi connectivity index (χ1v) is 7.81. The Morgan fingerprint density at radius 2 is 1.75 bits per heavy atom. The van der Waals surface area contributed by atoms with Crippen molar-refractivity contribution in [1.82, 2.24) is 4.98 Å². The third-order valence-corrected chi connectivity index (χ3v) is 5.91. The fourth-order valence-corrected chi connectivity index (χ4v) is 5.42. The highest BCUT2D eigenvalue weighted by Crippen LogP contribution is 2.59. The Balaban J connectivity index is 1.69. The SMILES string of the molecule is Cc1cc(C(=O)O)cnc1C1C2CC3CC(C2)CC1C3. The van der Waals surface area contributed by atoms with Gasteiger partial charge in [-0.2, -0.15) is 0 Å². The van der Waals surface area contributed by atoms with Crippen LogP contribution >= 0.6 is 0 Å². The molecule has 1 aromatic rings. The van der Waals surface area contributed by atoms with E-state index in [1.54, 1.807) is 12.3 Å². The molecule has 0 unspecified atom stereocenters. The lowest BCUT2D eigenvalue weighted by Gasteiger charge is -2.54. The van der Waals surface area contributed by atoms with Gasteiger partial charge in [0.2, 0.25) is 0 Å². The van der Waals surface area contributed by atoms with Crippen molar-refractivity contribution in [1.29, 1.82) is 0 Å². The van der Waals surface area contributed by atoms with Crippen LogP contribution in [0.3, 0.4) is 0 Å². The third-order valence-electron chi connectivity index (χ3n) is 5.91. The monoisotopic (exact) mass is 271 g/mol. The second-order valence-electron chi connectivity index (χ2n) is 7.19. The summed E-state index contributed by atoms with van der Waals surface area (Å²) in [5.41, 5.74) is 2.57. The van der Waals surface area contributed by atoms with Crippen molar-refractivity contribution in [3.63, 3.8) is 0 Å². The molecular formula is C17H21NO2. The Morgan fingerprint density at radius 3 is 2.25 bits per heavy atom. The largest absolute Gasteiger partial charge is 0.478 e. The molecule has 3 nitrogen and oxygen atoms in total. The van der Waals surface area contributed by atoms with Crippen LogP contribution in [0.15, 0.2) is 12.3 Å². The zero-order chi connectivity index (χ0) is 13.9. The molecule has 4 bridgehead atoms. The maximum Gasteiger partial charge on any atom is 0.337 e. The molecular weight excluding hydrogens is 250 g/mol. The van der Waals surface area contributed by atoms with Gasteiger partial charge in [0.25, 0.3) is 0 Å². The van der Waals surface area contributed by atoms with Crippen LogP contribution in [0.25, 0.3) is 0 Å². The average Bonchev–Trinajstić information content (AvgIpc) is 2.38. The first-order valence-electron chi connectivity index (χ1n) is 7.81. The highest BCUT2D eigenvalue weighted by molar-refractivity contribution is 5.87. The van der Waals surface area contributed by atoms with Crippen molar-refractivity contribution in [2.24, 2.45) is 23.7 Å². The molecule has 0 aromatic carbocycles. The first-order chi connectivity index (χ1) is 9.61. The fraction of sp³-hybridized carbons (Fsp3) is 0.647. The number of nitrogens with zero attached hydrogens (tertiary/aromatic N) is 1. The molecule has 20 heavy (non-hydrogen) atoms. The highest BCUT2D eigenvalue weighted by atomic mass is 16.4. The molecule has 4 fully saturated rings. The minimum absolute atomic E-state index is 0.315. The second kappa shape index (κ2) is 4.31. The molecule has 0 atom stereocenters. The zero-order valence-electron chi connectivity index (χ0n) is 11.9. The Hall–Kier alpha value is -1.38. The van der Waals surface area contributed by atoms with Gasteiger partial charge in [-0.3, -0.25) is 4.98 Å². The van der Waals surface area contributed by atoms with E-state index in [0.29, 0.717) is 11.5 Å². The summed E-state index contributed by atoms with van der Waals surface area (Å²) >= 11 is 0. The molecule has 4 saturated carbocycles. The van der Waals surface area contributed by atoms with Crippen molar-refractivity contribution >= 4 is 5.97 Å². The van der Waals surface area contributed by atoms with Crippen molar-refractivity contribution < 1.29 is 9.90 Å². The molecule has 5 rings (SSSR count). The number of rotatable bonds is 2. The van der Waals surface area contributed by atoms with Gasteiger partial charge in [0, 0.05) is 17.8 Å². The topological polar surface area (TPSA) is 50.2 Å². The summed E-state index contributed by atoms with van der Waals surface area (Å²) in [6.07, 6.45) is 8.51. The molecule has 0 saturated heterocycles. The Bertz CT molecular complexity index is 538. The van der Waals surface area contributed by atoms with E-state index in [9.17, 15) is 4.79 Å². The van der Waals surface area contributed by atoms with E-state index in [0.717, 1.165) is 29.2 Å². The van der Waals surface area contributed by atoms with Crippen LogP contribution in [0, 0.1) is 30.6 Å². The van der Waals surface area contributed by atoms with E-state index in [-0.39, 0.29) is 0 Å². The predicted octanol–water partition coefficient (Wildman–Crippen LogP) is 3.63. The van der Waals surface area contributed by atoms with Crippen molar-refractivity contribution in [3.8, 4) is 0 Å². The standard InChI is InChI=1S/C17H21NO2/c1-9-2-14(17(19)20)8-18-16(9)15-12-4-10-3-11(6-12)7-13(15)5-10/h2,8,10-13,15H,3-7H2,1H3,(H,19,20). The zero-order valence-corrected chi connectivity index (χ0v) is 11.9. The minimum atomic E-state index is -0.878. The van der Waals surface area contributed by atoms with Crippen LogP contribution in [-0.2, 0) is 0 Å². The van der Waals surface area contributed by atoms with Crippen molar-refractivity contribution in [2.75, 3.05) is 0 Å². The fourth-order valence-electron chi connectivity index (χ4n) is 5.42. The van der Waals surface area contributed by atoms with Gasteiger partial charge in [-0.1, -0.05) is 0 Å². The summed E-state index contributed by atoms with van der Waals surface area (Å²) in [5.74, 6) is 3.24. The minimum Gasteiger partial charge on any atom is -0.478 e. The van der Waals surface area contributed by atoms with Gasteiger partial charge in [0.15, 0.2) is 0 Å². The van der Waals surface area contributed by atoms with E-state index in [1.165, 1.54) is 37.8 Å². The van der Waals surface area contributed by atoms with Gasteiger partial charge in [-0.05, 0) is 74.3 Å². The van der Waals surface area contributed by atoms with E-state index >= 15 is 0 Å². The maximum atomic E-state index is 11.0. The number of carboxylic acid groups (broad SMARTS) is 1. The molecule has 0 aliphatic heterocycles. The van der Waals surface area contributed by atoms with Gasteiger partial charge in [-0.15, -0.1) is 0 Å². The smallest absolute Gasteiger partial charge is 0.337 e. The van der Waals surface area contributed by atoms with Crippen molar-refractivity contribution in [2.45, 2.75) is 44.9 Å². The van der Waals surface area contributed by atoms with Crippen LogP contribution in [0.2, 0.25) is 0 Å². The number of hydrogen-bond donors (Lipinski definition) is 1. The molecule has 1 heterocycles. The van der Waals surface area contributed by atoms with Crippen LogP contribution in [0.4, 0.5) is 0 Å². The van der Waals surface area contributed by atoms with Gasteiger partial charge in [-0.25, -0.2) is 4.79 Å². The third kappa shape index (κ3) is 1.79. The van der Waals surface area contributed by atoms with Crippen LogP contribution in [0.5, 0.6) is 0 Å². The predicted molar refractivity (Wildman–Crippen MR) is 75.7 cm³/mol. The average molecular weight is 271 g/mol. The highest BCUT2D eigenvalue weighted by Gasteiger charge is 2.49. The Morgan fingerprint density at radius 1 is 1.15 bits per heavy atom. The van der Waals surface area contributed by atoms with E-state index in [2.05, 4.69) is 4.98 Å². The van der Waals surface area contributed by atoms with Crippen LogP contribution < -0.4 is 0 Å². The lowest BCUT2D eigenvalue weighted by Crippen LogP contribution is -2.44. The second-order valence-corrected chi connectivity index (χ2v) is 7.19. The Labute approximate surface area is 119 Å². The van der Waals surface area contributed by atoms with Crippen LogP contribution in [0.1, 0.15) is 59.6 Å². The van der Waals surface area contributed by atoms with Gasteiger partial charge >= 0.3 is 5.97 Å². The van der Waals surface area contributed by atoms with Crippen molar-refractivity contribution in [3.05, 3.63) is 29.1 Å². The molecule has 0 spiro atoms. The van der Waals surface area contributed by atoms with E-state index in [1.807, 2.05) is 6.92 Å². The summed E-state index contributed by atoms with van der Waals surface area (Å²) in [5, 5.41) is 9.07. The summed E-state index contributed by atoms with van der Waals surface area (Å²) in [4.78, 5) is 15.6.